The van der Waals surface area contributed by atoms with Gasteiger partial charge in [0.1, 0.15) is 11.5 Å². The highest BCUT2D eigenvalue weighted by Crippen LogP contribution is 2.35. The zero-order valence-corrected chi connectivity index (χ0v) is 19.7. The summed E-state index contributed by atoms with van der Waals surface area (Å²) >= 11 is 12.9. The van der Waals surface area contributed by atoms with E-state index in [2.05, 4.69) is 0 Å². The molecule has 2 amide bonds. The quantitative estimate of drug-likeness (QED) is 0.277. The summed E-state index contributed by atoms with van der Waals surface area (Å²) in [4.78, 5) is 38.4. The molecule has 0 unspecified atom stereocenters. The highest BCUT2D eigenvalue weighted by atomic mass is 35.5. The highest BCUT2D eigenvalue weighted by molar-refractivity contribution is 8.18. The van der Waals surface area contributed by atoms with Crippen molar-refractivity contribution >= 4 is 58.2 Å². The normalized spacial score (nSPS) is 14.9. The van der Waals surface area contributed by atoms with Gasteiger partial charge in [-0.15, -0.1) is 0 Å². The van der Waals surface area contributed by atoms with Gasteiger partial charge in [0.2, 0.25) is 0 Å². The number of carbonyl (C=O) groups is 3. The van der Waals surface area contributed by atoms with Gasteiger partial charge >= 0.3 is 5.97 Å². The second-order valence-electron chi connectivity index (χ2n) is 7.00. The summed E-state index contributed by atoms with van der Waals surface area (Å²) < 4.78 is 10.8. The molecule has 168 valence electrons. The minimum Gasteiger partial charge on any atom is -0.462 e. The summed E-state index contributed by atoms with van der Waals surface area (Å²) in [6.45, 7) is 2.10. The van der Waals surface area contributed by atoms with Gasteiger partial charge < -0.3 is 9.15 Å². The maximum atomic E-state index is 12.8. The number of imide groups is 1. The Hall–Kier alpha value is -3.00. The first-order valence-corrected chi connectivity index (χ1v) is 11.5. The minimum atomic E-state index is -0.423. The van der Waals surface area contributed by atoms with Crippen LogP contribution in [-0.4, -0.2) is 28.6 Å². The van der Waals surface area contributed by atoms with Gasteiger partial charge in [0.25, 0.3) is 11.1 Å². The summed E-state index contributed by atoms with van der Waals surface area (Å²) in [5.74, 6) is 0.172. The van der Waals surface area contributed by atoms with Crippen molar-refractivity contribution in [3.05, 3.63) is 86.4 Å². The average molecular weight is 502 g/mol. The number of furan rings is 1. The Morgan fingerprint density at radius 3 is 2.55 bits per heavy atom. The number of rotatable bonds is 6. The lowest BCUT2D eigenvalue weighted by molar-refractivity contribution is -0.123. The molecule has 2 heterocycles. The number of thioether (sulfide) groups is 1. The monoisotopic (exact) mass is 501 g/mol. The number of halogens is 2. The zero-order chi connectivity index (χ0) is 23.5. The Balaban J connectivity index is 1.49. The predicted molar refractivity (Wildman–Crippen MR) is 128 cm³/mol. The molecule has 2 aromatic carbocycles. The SMILES string of the molecule is CCOC(=O)c1ccc(-c2ccc(/C=C3\SC(=O)N(Cc4ccc(Cl)cc4Cl)C3=O)o2)cc1. The third kappa shape index (κ3) is 5.16. The number of ether oxygens (including phenoxy) is 1. The van der Waals surface area contributed by atoms with Gasteiger partial charge in [0.15, 0.2) is 0 Å². The molecule has 0 N–H and O–H groups in total. The van der Waals surface area contributed by atoms with Crippen LogP contribution in [0.2, 0.25) is 10.0 Å². The van der Waals surface area contributed by atoms with Crippen molar-refractivity contribution in [2.24, 2.45) is 0 Å². The number of hydrogen-bond acceptors (Lipinski definition) is 6. The fraction of sp³-hybridized carbons (Fsp3) is 0.125. The molecule has 9 heteroatoms. The Morgan fingerprint density at radius 1 is 1.09 bits per heavy atom. The van der Waals surface area contributed by atoms with E-state index >= 15 is 0 Å². The first-order chi connectivity index (χ1) is 15.9. The van der Waals surface area contributed by atoms with Crippen LogP contribution >= 0.6 is 35.0 Å². The number of amides is 2. The van der Waals surface area contributed by atoms with Crippen LogP contribution in [0.3, 0.4) is 0 Å². The van der Waals surface area contributed by atoms with Crippen LogP contribution in [-0.2, 0) is 16.1 Å². The van der Waals surface area contributed by atoms with Crippen molar-refractivity contribution in [1.82, 2.24) is 4.90 Å². The van der Waals surface area contributed by atoms with Gasteiger partial charge in [-0.2, -0.15) is 0 Å². The van der Waals surface area contributed by atoms with Gasteiger partial charge in [0.05, 0.1) is 23.6 Å². The summed E-state index contributed by atoms with van der Waals surface area (Å²) in [5, 5.41) is 0.468. The van der Waals surface area contributed by atoms with E-state index < -0.39 is 11.1 Å². The molecule has 4 rings (SSSR count). The Morgan fingerprint density at radius 2 is 1.85 bits per heavy atom. The Bertz CT molecular complexity index is 1270. The lowest BCUT2D eigenvalue weighted by Crippen LogP contribution is -2.27. The molecule has 0 aliphatic carbocycles. The van der Waals surface area contributed by atoms with E-state index in [0.717, 1.165) is 22.2 Å². The molecule has 1 aliphatic rings. The van der Waals surface area contributed by atoms with Crippen LogP contribution in [0, 0.1) is 0 Å². The topological polar surface area (TPSA) is 76.8 Å². The van der Waals surface area contributed by atoms with E-state index in [1.165, 1.54) is 6.08 Å². The second-order valence-corrected chi connectivity index (χ2v) is 8.84. The number of benzene rings is 2. The molecule has 1 aromatic heterocycles. The Kier molecular flexibility index (Phi) is 6.93. The molecule has 1 saturated heterocycles. The molecule has 0 bridgehead atoms. The molecule has 0 atom stereocenters. The van der Waals surface area contributed by atoms with Crippen LogP contribution in [0.4, 0.5) is 4.79 Å². The standard InChI is InChI=1S/C24H17Cl2NO5S/c1-2-31-23(29)15-5-3-14(4-6-15)20-10-9-18(32-20)12-21-22(28)27(24(30)33-21)13-16-7-8-17(25)11-19(16)26/h3-12H,2,13H2,1H3/b21-12-. The first-order valence-electron chi connectivity index (χ1n) is 9.92. The van der Waals surface area contributed by atoms with Crippen molar-refractivity contribution in [2.75, 3.05) is 6.61 Å². The number of nitrogens with zero attached hydrogens (tertiary/aromatic N) is 1. The van der Waals surface area contributed by atoms with Gasteiger partial charge in [-0.25, -0.2) is 4.79 Å². The molecule has 3 aromatic rings. The smallest absolute Gasteiger partial charge is 0.338 e. The first kappa shape index (κ1) is 23.2. The molecule has 0 radical (unpaired) electrons. The average Bonchev–Trinajstić information content (AvgIpc) is 3.36. The summed E-state index contributed by atoms with van der Waals surface area (Å²) in [5.41, 5.74) is 1.83. The van der Waals surface area contributed by atoms with Gasteiger partial charge in [-0.3, -0.25) is 14.5 Å². The van der Waals surface area contributed by atoms with E-state index in [0.29, 0.717) is 39.3 Å². The molecule has 1 aliphatic heterocycles. The van der Waals surface area contributed by atoms with E-state index in [9.17, 15) is 14.4 Å². The largest absolute Gasteiger partial charge is 0.462 e. The van der Waals surface area contributed by atoms with Gasteiger partial charge in [-0.05, 0) is 60.6 Å². The number of hydrogen-bond donors (Lipinski definition) is 0. The molecule has 0 saturated carbocycles. The zero-order valence-electron chi connectivity index (χ0n) is 17.3. The maximum Gasteiger partial charge on any atom is 0.338 e. The van der Waals surface area contributed by atoms with E-state index in [1.807, 2.05) is 0 Å². The van der Waals surface area contributed by atoms with Crippen molar-refractivity contribution in [3.63, 3.8) is 0 Å². The Labute approximate surface area is 204 Å². The van der Waals surface area contributed by atoms with Gasteiger partial charge in [0, 0.05) is 21.7 Å². The number of carbonyl (C=O) groups excluding carboxylic acids is 3. The van der Waals surface area contributed by atoms with Crippen LogP contribution in [0.25, 0.3) is 17.4 Å². The van der Waals surface area contributed by atoms with E-state index in [1.54, 1.807) is 61.5 Å². The molecule has 0 spiro atoms. The van der Waals surface area contributed by atoms with E-state index in [-0.39, 0.29) is 17.4 Å². The summed E-state index contributed by atoms with van der Waals surface area (Å²) in [6.07, 6.45) is 1.53. The maximum absolute atomic E-state index is 12.8. The molecular weight excluding hydrogens is 485 g/mol. The van der Waals surface area contributed by atoms with Crippen LogP contribution in [0.15, 0.2) is 63.9 Å². The molecular formula is C24H17Cl2NO5S. The fourth-order valence-corrected chi connectivity index (χ4v) is 4.44. The van der Waals surface area contributed by atoms with Crippen molar-refractivity contribution in [3.8, 4) is 11.3 Å². The third-order valence-electron chi connectivity index (χ3n) is 4.80. The third-order valence-corrected chi connectivity index (χ3v) is 6.29. The molecule has 1 fully saturated rings. The van der Waals surface area contributed by atoms with Gasteiger partial charge in [-0.1, -0.05) is 41.4 Å². The molecule has 33 heavy (non-hydrogen) atoms. The summed E-state index contributed by atoms with van der Waals surface area (Å²) in [7, 11) is 0. The van der Waals surface area contributed by atoms with Crippen LogP contribution < -0.4 is 0 Å². The number of esters is 1. The lowest BCUT2D eigenvalue weighted by Gasteiger charge is -2.13. The minimum absolute atomic E-state index is 0.0498. The van der Waals surface area contributed by atoms with Crippen LogP contribution in [0.5, 0.6) is 0 Å². The van der Waals surface area contributed by atoms with Crippen molar-refractivity contribution in [2.45, 2.75) is 13.5 Å². The predicted octanol–water partition coefficient (Wildman–Crippen LogP) is 6.67. The van der Waals surface area contributed by atoms with Crippen LogP contribution in [0.1, 0.15) is 28.6 Å². The van der Waals surface area contributed by atoms with Crippen molar-refractivity contribution in [1.29, 1.82) is 0 Å². The highest BCUT2D eigenvalue weighted by Gasteiger charge is 2.35. The fourth-order valence-electron chi connectivity index (χ4n) is 3.16. The second kappa shape index (κ2) is 9.87. The lowest BCUT2D eigenvalue weighted by atomic mass is 10.1. The summed E-state index contributed by atoms with van der Waals surface area (Å²) in [6, 6.07) is 15.2. The van der Waals surface area contributed by atoms with E-state index in [4.69, 9.17) is 32.4 Å². The van der Waals surface area contributed by atoms with Crippen molar-refractivity contribution < 1.29 is 23.5 Å². The molecule has 6 nitrogen and oxygen atoms in total.